The molecule has 3 aromatic rings. The van der Waals surface area contributed by atoms with E-state index < -0.39 is 6.36 Å². The summed E-state index contributed by atoms with van der Waals surface area (Å²) in [6, 6.07) is 9.33. The van der Waals surface area contributed by atoms with E-state index in [0.29, 0.717) is 35.2 Å². The first-order chi connectivity index (χ1) is 12.3. The van der Waals surface area contributed by atoms with Crippen LogP contribution < -0.4 is 9.64 Å². The summed E-state index contributed by atoms with van der Waals surface area (Å²) in [6.45, 7) is 2.02. The molecule has 0 aliphatic heterocycles. The fourth-order valence-electron chi connectivity index (χ4n) is 2.46. The summed E-state index contributed by atoms with van der Waals surface area (Å²) in [5.74, 6) is 1.12. The molecule has 3 rings (SSSR count). The van der Waals surface area contributed by atoms with E-state index in [4.69, 9.17) is 4.52 Å². The Bertz CT molecular complexity index is 895. The third kappa shape index (κ3) is 4.29. The molecule has 6 nitrogen and oxygen atoms in total. The summed E-state index contributed by atoms with van der Waals surface area (Å²) in [5, 5.41) is 3.77. The Morgan fingerprint density at radius 2 is 2.00 bits per heavy atom. The quantitative estimate of drug-likeness (QED) is 0.682. The fraction of sp³-hybridized carbons (Fsp3) is 0.235. The molecule has 26 heavy (non-hydrogen) atoms. The third-order valence-electron chi connectivity index (χ3n) is 3.46. The molecular formula is C17H15F3N4O2. The second kappa shape index (κ2) is 7.03. The predicted molar refractivity (Wildman–Crippen MR) is 87.5 cm³/mol. The molecule has 9 heteroatoms. The summed E-state index contributed by atoms with van der Waals surface area (Å²) in [5.41, 5.74) is 1.27. The Balaban J connectivity index is 1.83. The zero-order valence-electron chi connectivity index (χ0n) is 14.0. The standard InChI is InChI=1S/C17H15F3N4O2/c1-11-22-16(26-23-11)14-7-4-8-21-15(14)24(2)10-12-5-3-6-13(9-12)25-17(18,19)20/h3-9H,10H2,1-2H3. The number of aromatic nitrogens is 3. The van der Waals surface area contributed by atoms with Gasteiger partial charge < -0.3 is 14.2 Å². The highest BCUT2D eigenvalue weighted by Crippen LogP contribution is 2.28. The first-order valence-electron chi connectivity index (χ1n) is 7.63. The lowest BCUT2D eigenvalue weighted by atomic mass is 10.2. The van der Waals surface area contributed by atoms with Gasteiger partial charge in [-0.2, -0.15) is 4.98 Å². The highest BCUT2D eigenvalue weighted by molar-refractivity contribution is 5.69. The van der Waals surface area contributed by atoms with Crippen LogP contribution in [0, 0.1) is 6.92 Å². The number of hydrogen-bond donors (Lipinski definition) is 0. The number of pyridine rings is 1. The maximum absolute atomic E-state index is 12.4. The first-order valence-corrected chi connectivity index (χ1v) is 7.63. The largest absolute Gasteiger partial charge is 0.573 e. The van der Waals surface area contributed by atoms with Crippen molar-refractivity contribution in [1.29, 1.82) is 0 Å². The topological polar surface area (TPSA) is 64.3 Å². The van der Waals surface area contributed by atoms with Crippen LogP contribution in [0.2, 0.25) is 0 Å². The molecule has 0 atom stereocenters. The number of halogens is 3. The van der Waals surface area contributed by atoms with Gasteiger partial charge in [0, 0.05) is 19.8 Å². The molecule has 0 unspecified atom stereocenters. The minimum absolute atomic E-state index is 0.267. The Morgan fingerprint density at radius 1 is 1.19 bits per heavy atom. The smallest absolute Gasteiger partial charge is 0.406 e. The highest BCUT2D eigenvalue weighted by atomic mass is 19.4. The van der Waals surface area contributed by atoms with E-state index in [1.807, 2.05) is 0 Å². The molecule has 0 fully saturated rings. The van der Waals surface area contributed by atoms with Crippen LogP contribution in [0.4, 0.5) is 19.0 Å². The van der Waals surface area contributed by atoms with Crippen molar-refractivity contribution in [3.8, 4) is 17.2 Å². The van der Waals surface area contributed by atoms with Gasteiger partial charge >= 0.3 is 6.36 Å². The summed E-state index contributed by atoms with van der Waals surface area (Å²) in [4.78, 5) is 10.3. The molecule has 0 amide bonds. The summed E-state index contributed by atoms with van der Waals surface area (Å²) in [7, 11) is 1.77. The average Bonchev–Trinajstić information content (AvgIpc) is 3.00. The number of nitrogens with zero attached hydrogens (tertiary/aromatic N) is 4. The van der Waals surface area contributed by atoms with Crippen molar-refractivity contribution in [3.63, 3.8) is 0 Å². The lowest BCUT2D eigenvalue weighted by Gasteiger charge is -2.20. The number of anilines is 1. The van der Waals surface area contributed by atoms with Gasteiger partial charge in [-0.25, -0.2) is 4.98 Å². The highest BCUT2D eigenvalue weighted by Gasteiger charge is 2.31. The number of ether oxygens (including phenoxy) is 1. The second-order valence-corrected chi connectivity index (χ2v) is 5.57. The van der Waals surface area contributed by atoms with Gasteiger partial charge in [0.15, 0.2) is 5.82 Å². The van der Waals surface area contributed by atoms with Crippen molar-refractivity contribution in [2.75, 3.05) is 11.9 Å². The van der Waals surface area contributed by atoms with Crippen LogP contribution >= 0.6 is 0 Å². The third-order valence-corrected chi connectivity index (χ3v) is 3.46. The maximum atomic E-state index is 12.4. The maximum Gasteiger partial charge on any atom is 0.573 e. The van der Waals surface area contributed by atoms with E-state index in [1.165, 1.54) is 18.2 Å². The van der Waals surface area contributed by atoms with Crippen molar-refractivity contribution in [2.45, 2.75) is 19.8 Å². The van der Waals surface area contributed by atoms with Crippen LogP contribution in [0.5, 0.6) is 5.75 Å². The lowest BCUT2D eigenvalue weighted by Crippen LogP contribution is -2.19. The van der Waals surface area contributed by atoms with E-state index in [2.05, 4.69) is 19.9 Å². The van der Waals surface area contributed by atoms with Crippen LogP contribution in [0.15, 0.2) is 47.1 Å². The molecule has 0 saturated heterocycles. The zero-order valence-corrected chi connectivity index (χ0v) is 14.0. The minimum Gasteiger partial charge on any atom is -0.406 e. The van der Waals surface area contributed by atoms with Crippen molar-refractivity contribution in [3.05, 3.63) is 54.0 Å². The van der Waals surface area contributed by atoms with Crippen LogP contribution in [-0.2, 0) is 6.54 Å². The van der Waals surface area contributed by atoms with Gasteiger partial charge in [0.25, 0.3) is 5.89 Å². The molecule has 2 aromatic heterocycles. The van der Waals surface area contributed by atoms with Crippen molar-refractivity contribution in [1.82, 2.24) is 15.1 Å². The van der Waals surface area contributed by atoms with Crippen molar-refractivity contribution in [2.24, 2.45) is 0 Å². The number of hydrogen-bond acceptors (Lipinski definition) is 6. The van der Waals surface area contributed by atoms with Gasteiger partial charge in [0.2, 0.25) is 0 Å². The van der Waals surface area contributed by atoms with E-state index in [0.717, 1.165) is 0 Å². The normalized spacial score (nSPS) is 11.4. The van der Waals surface area contributed by atoms with E-state index in [9.17, 15) is 13.2 Å². The molecule has 0 spiro atoms. The van der Waals surface area contributed by atoms with E-state index in [1.54, 1.807) is 43.3 Å². The SMILES string of the molecule is Cc1noc(-c2cccnc2N(C)Cc2cccc(OC(F)(F)F)c2)n1. The van der Waals surface area contributed by atoms with Gasteiger partial charge in [-0.3, -0.25) is 0 Å². The summed E-state index contributed by atoms with van der Waals surface area (Å²) in [6.07, 6.45) is -3.11. The number of benzene rings is 1. The molecule has 1 aromatic carbocycles. The summed E-state index contributed by atoms with van der Waals surface area (Å²) < 4.78 is 46.3. The van der Waals surface area contributed by atoms with Gasteiger partial charge in [-0.15, -0.1) is 13.2 Å². The first kappa shape index (κ1) is 17.7. The Kier molecular flexibility index (Phi) is 4.79. The van der Waals surface area contributed by atoms with Gasteiger partial charge in [-0.05, 0) is 36.8 Å². The van der Waals surface area contributed by atoms with Crippen molar-refractivity contribution >= 4 is 5.82 Å². The van der Waals surface area contributed by atoms with Crippen LogP contribution in [0.3, 0.4) is 0 Å². The molecule has 0 saturated carbocycles. The van der Waals surface area contributed by atoms with Gasteiger partial charge in [-0.1, -0.05) is 17.3 Å². The predicted octanol–water partition coefficient (Wildman–Crippen LogP) is 3.98. The Hall–Kier alpha value is -3.10. The van der Waals surface area contributed by atoms with E-state index in [-0.39, 0.29) is 5.75 Å². The number of alkyl halides is 3. The molecule has 0 radical (unpaired) electrons. The fourth-order valence-corrected chi connectivity index (χ4v) is 2.46. The molecule has 0 aliphatic rings. The molecule has 0 N–H and O–H groups in total. The van der Waals surface area contributed by atoms with Crippen LogP contribution in [0.1, 0.15) is 11.4 Å². The van der Waals surface area contributed by atoms with Gasteiger partial charge in [0.05, 0.1) is 5.56 Å². The van der Waals surface area contributed by atoms with Crippen LogP contribution in [0.25, 0.3) is 11.5 Å². The molecule has 2 heterocycles. The molecular weight excluding hydrogens is 349 g/mol. The van der Waals surface area contributed by atoms with Gasteiger partial charge in [0.1, 0.15) is 11.6 Å². The second-order valence-electron chi connectivity index (χ2n) is 5.57. The zero-order chi connectivity index (χ0) is 18.7. The monoisotopic (exact) mass is 364 g/mol. The molecule has 0 bridgehead atoms. The van der Waals surface area contributed by atoms with Crippen LogP contribution in [-0.4, -0.2) is 28.5 Å². The number of rotatable bonds is 5. The van der Waals surface area contributed by atoms with Crippen molar-refractivity contribution < 1.29 is 22.4 Å². The number of aryl methyl sites for hydroxylation is 1. The Labute approximate surface area is 147 Å². The minimum atomic E-state index is -4.73. The van der Waals surface area contributed by atoms with E-state index >= 15 is 0 Å². The Morgan fingerprint density at radius 3 is 2.69 bits per heavy atom. The average molecular weight is 364 g/mol. The molecule has 0 aliphatic carbocycles. The molecule has 136 valence electrons. The lowest BCUT2D eigenvalue weighted by molar-refractivity contribution is -0.274. The summed E-state index contributed by atoms with van der Waals surface area (Å²) >= 11 is 0.